The lowest BCUT2D eigenvalue weighted by Crippen LogP contribution is -2.34. The van der Waals surface area contributed by atoms with Crippen LogP contribution in [-0.2, 0) is 6.54 Å². The Hall–Kier alpha value is -4.51. The van der Waals surface area contributed by atoms with E-state index in [9.17, 15) is 14.4 Å². The number of halogens is 1. The van der Waals surface area contributed by atoms with E-state index in [1.807, 2.05) is 0 Å². The van der Waals surface area contributed by atoms with E-state index in [0.717, 1.165) is 11.8 Å². The Balaban J connectivity index is 1.52. The highest BCUT2D eigenvalue weighted by atomic mass is 35.5. The van der Waals surface area contributed by atoms with Crippen LogP contribution in [0.15, 0.2) is 70.5 Å². The van der Waals surface area contributed by atoms with Crippen LogP contribution in [0.25, 0.3) is 0 Å². The van der Waals surface area contributed by atoms with Crippen LogP contribution in [0.5, 0.6) is 11.6 Å². The Morgan fingerprint density at radius 1 is 1.06 bits per heavy atom. The predicted octanol–water partition coefficient (Wildman–Crippen LogP) is 2.66. The van der Waals surface area contributed by atoms with Gasteiger partial charge in [0.1, 0.15) is 5.75 Å². The molecular weight excluding hydrogens is 452 g/mol. The smallest absolute Gasteiger partial charge is 0.356 e. The summed E-state index contributed by atoms with van der Waals surface area (Å²) >= 11 is 5.91. The molecule has 0 amide bonds. The van der Waals surface area contributed by atoms with Gasteiger partial charge in [-0.2, -0.15) is 4.98 Å². The summed E-state index contributed by atoms with van der Waals surface area (Å²) in [5, 5.41) is 12.4. The Morgan fingerprint density at radius 2 is 1.79 bits per heavy atom. The predicted molar refractivity (Wildman–Crippen MR) is 118 cm³/mol. The van der Waals surface area contributed by atoms with Crippen LogP contribution in [0, 0.1) is 0 Å². The summed E-state index contributed by atoms with van der Waals surface area (Å²) in [4.78, 5) is 48.6. The summed E-state index contributed by atoms with van der Waals surface area (Å²) < 4.78 is 6.82. The lowest BCUT2D eigenvalue weighted by molar-refractivity contribution is 0.0690. The molecule has 0 unspecified atom stereocenters. The zero-order valence-electron chi connectivity index (χ0n) is 16.7. The van der Waals surface area contributed by atoms with Crippen molar-refractivity contribution in [3.8, 4) is 11.6 Å². The van der Waals surface area contributed by atoms with Gasteiger partial charge in [0.2, 0.25) is 11.8 Å². The molecule has 166 valence electrons. The third-order valence-electron chi connectivity index (χ3n) is 4.36. The highest BCUT2D eigenvalue weighted by Gasteiger charge is 2.10. The van der Waals surface area contributed by atoms with Crippen molar-refractivity contribution >= 4 is 29.2 Å². The van der Waals surface area contributed by atoms with Crippen LogP contribution in [0.4, 0.5) is 11.6 Å². The number of benzene rings is 2. The van der Waals surface area contributed by atoms with Crippen molar-refractivity contribution in [2.45, 2.75) is 6.54 Å². The number of ether oxygens (including phenoxy) is 1. The molecule has 0 aliphatic rings. The zero-order chi connectivity index (χ0) is 23.4. The highest BCUT2D eigenvalue weighted by molar-refractivity contribution is 6.30. The number of H-pyrrole nitrogens is 1. The van der Waals surface area contributed by atoms with Gasteiger partial charge in [-0.1, -0.05) is 23.7 Å². The molecule has 0 fully saturated rings. The van der Waals surface area contributed by atoms with Crippen molar-refractivity contribution < 1.29 is 14.6 Å². The quantitative estimate of drug-likeness (QED) is 0.373. The van der Waals surface area contributed by atoms with E-state index in [2.05, 4.69) is 25.3 Å². The van der Waals surface area contributed by atoms with Gasteiger partial charge in [0.15, 0.2) is 5.69 Å². The largest absolute Gasteiger partial charge is 0.476 e. The number of aromatic carboxylic acids is 1. The van der Waals surface area contributed by atoms with E-state index in [1.165, 1.54) is 10.8 Å². The summed E-state index contributed by atoms with van der Waals surface area (Å²) in [6, 6.07) is 13.5. The molecule has 33 heavy (non-hydrogen) atoms. The average molecular weight is 467 g/mol. The molecule has 0 atom stereocenters. The fraction of sp³-hybridized carbons (Fsp3) is 0.0476. The number of anilines is 2. The first-order valence-corrected chi connectivity index (χ1v) is 9.81. The van der Waals surface area contributed by atoms with Crippen LogP contribution in [0.1, 0.15) is 16.1 Å². The van der Waals surface area contributed by atoms with E-state index in [4.69, 9.17) is 21.4 Å². The van der Waals surface area contributed by atoms with Crippen LogP contribution >= 0.6 is 11.6 Å². The van der Waals surface area contributed by atoms with Crippen LogP contribution in [-0.4, -0.2) is 35.6 Å². The Morgan fingerprint density at radius 3 is 2.42 bits per heavy atom. The van der Waals surface area contributed by atoms with Crippen molar-refractivity contribution in [3.63, 3.8) is 0 Å². The molecule has 0 spiro atoms. The molecule has 0 saturated heterocycles. The maximum atomic E-state index is 12.4. The van der Waals surface area contributed by atoms with Crippen LogP contribution in [0.3, 0.4) is 0 Å². The van der Waals surface area contributed by atoms with Gasteiger partial charge in [-0.3, -0.25) is 9.55 Å². The van der Waals surface area contributed by atoms with Crippen molar-refractivity contribution in [3.05, 3.63) is 98.2 Å². The highest BCUT2D eigenvalue weighted by Crippen LogP contribution is 2.22. The Labute approximate surface area is 190 Å². The Kier molecular flexibility index (Phi) is 6.13. The molecule has 4 aromatic rings. The van der Waals surface area contributed by atoms with E-state index < -0.39 is 17.3 Å². The normalized spacial score (nSPS) is 10.6. The lowest BCUT2D eigenvalue weighted by Gasteiger charge is -2.13. The van der Waals surface area contributed by atoms with Crippen LogP contribution < -0.4 is 21.4 Å². The van der Waals surface area contributed by atoms with Crippen molar-refractivity contribution in [1.82, 2.24) is 24.5 Å². The summed E-state index contributed by atoms with van der Waals surface area (Å²) in [5.41, 5.74) is -0.264. The minimum atomic E-state index is -1.19. The molecule has 2 heterocycles. The number of rotatable bonds is 7. The minimum absolute atomic E-state index is 0.0579. The third-order valence-corrected chi connectivity index (χ3v) is 4.61. The second kappa shape index (κ2) is 9.32. The molecule has 2 aromatic heterocycles. The number of carboxylic acids is 1. The molecule has 0 aliphatic carbocycles. The fourth-order valence-corrected chi connectivity index (χ4v) is 2.92. The van der Waals surface area contributed by atoms with Gasteiger partial charge in [-0.05, 0) is 42.0 Å². The molecule has 4 rings (SSSR count). The monoisotopic (exact) mass is 466 g/mol. The van der Waals surface area contributed by atoms with Crippen molar-refractivity contribution in [2.24, 2.45) is 0 Å². The number of hydrogen-bond acceptors (Lipinski definition) is 8. The summed E-state index contributed by atoms with van der Waals surface area (Å²) in [7, 11) is 0. The zero-order valence-corrected chi connectivity index (χ0v) is 17.5. The first-order valence-electron chi connectivity index (χ1n) is 9.43. The Bertz CT molecular complexity index is 1400. The standard InChI is InChI=1S/C21H15ClN6O5/c22-13-3-1-12(2-4-13)11-28-19(26-20(31)27-21(28)32)25-14-5-7-15(8-6-14)33-17-10-23-16(9-24-17)18(29)30/h1-10H,11H2,(H,29,30)(H2,25,26,27,31,32). The van der Waals surface area contributed by atoms with Gasteiger partial charge in [-0.15, -0.1) is 0 Å². The van der Waals surface area contributed by atoms with Crippen molar-refractivity contribution in [2.75, 3.05) is 5.32 Å². The number of aromatic amines is 1. The summed E-state index contributed by atoms with van der Waals surface area (Å²) in [5.74, 6) is -0.598. The molecule has 2 aromatic carbocycles. The van der Waals surface area contributed by atoms with E-state index >= 15 is 0 Å². The third kappa shape index (κ3) is 5.40. The van der Waals surface area contributed by atoms with Gasteiger partial charge in [0.05, 0.1) is 18.9 Å². The maximum absolute atomic E-state index is 12.4. The summed E-state index contributed by atoms with van der Waals surface area (Å²) in [6.45, 7) is 0.161. The number of aromatic nitrogens is 5. The molecule has 0 aliphatic heterocycles. The topological polar surface area (TPSA) is 152 Å². The molecule has 0 saturated carbocycles. The molecule has 0 bridgehead atoms. The SMILES string of the molecule is O=C(O)c1cnc(Oc2ccc(Nc3nc(=O)[nH]c(=O)n3Cc3ccc(Cl)cc3)cc2)cn1. The van der Waals surface area contributed by atoms with Gasteiger partial charge >= 0.3 is 17.3 Å². The molecule has 12 heteroatoms. The van der Waals surface area contributed by atoms with Crippen LogP contribution in [0.2, 0.25) is 5.02 Å². The minimum Gasteiger partial charge on any atom is -0.476 e. The lowest BCUT2D eigenvalue weighted by atomic mass is 10.2. The summed E-state index contributed by atoms with van der Waals surface area (Å²) in [6.07, 6.45) is 2.29. The van der Waals surface area contributed by atoms with Crippen molar-refractivity contribution in [1.29, 1.82) is 0 Å². The van der Waals surface area contributed by atoms with Gasteiger partial charge in [-0.25, -0.2) is 24.4 Å². The molecule has 3 N–H and O–H groups in total. The fourth-order valence-electron chi connectivity index (χ4n) is 2.79. The number of carbonyl (C=O) groups is 1. The first-order chi connectivity index (χ1) is 15.9. The second-order valence-electron chi connectivity index (χ2n) is 6.68. The average Bonchev–Trinajstić information content (AvgIpc) is 2.79. The number of nitrogens with one attached hydrogen (secondary N) is 2. The van der Waals surface area contributed by atoms with E-state index in [1.54, 1.807) is 48.5 Å². The van der Waals surface area contributed by atoms with E-state index in [0.29, 0.717) is 16.5 Å². The van der Waals surface area contributed by atoms with Gasteiger partial charge in [0, 0.05) is 10.7 Å². The number of hydrogen-bond donors (Lipinski definition) is 3. The molecule has 0 radical (unpaired) electrons. The molecular formula is C21H15ClN6O5. The number of carboxylic acid groups (broad SMARTS) is 1. The van der Waals surface area contributed by atoms with E-state index in [-0.39, 0.29) is 24.1 Å². The first kappa shape index (κ1) is 21.7. The van der Waals surface area contributed by atoms with Gasteiger partial charge in [0.25, 0.3) is 0 Å². The maximum Gasteiger partial charge on any atom is 0.356 e. The molecule has 11 nitrogen and oxygen atoms in total. The van der Waals surface area contributed by atoms with Gasteiger partial charge < -0.3 is 15.2 Å². The second-order valence-corrected chi connectivity index (χ2v) is 7.12. The number of nitrogens with zero attached hydrogens (tertiary/aromatic N) is 4.